The van der Waals surface area contributed by atoms with Crippen molar-refractivity contribution < 1.29 is 29.0 Å². The maximum Gasteiger partial charge on any atom is 0.338 e. The summed E-state index contributed by atoms with van der Waals surface area (Å²) in [4.78, 5) is 46.5. The zero-order valence-electron chi connectivity index (χ0n) is 21.1. The number of anilines is 2. The Morgan fingerprint density at radius 3 is 2.61 bits per heavy atom. The Balaban J connectivity index is 1.59. The molecule has 2 aromatic carbocycles. The van der Waals surface area contributed by atoms with Crippen LogP contribution in [0, 0.1) is 0 Å². The molecule has 38 heavy (non-hydrogen) atoms. The Bertz CT molecular complexity index is 1420. The fourth-order valence-electron chi connectivity index (χ4n) is 4.64. The first-order chi connectivity index (χ1) is 18.4. The van der Waals surface area contributed by atoms with Gasteiger partial charge in [0.25, 0.3) is 11.7 Å². The van der Waals surface area contributed by atoms with Crippen molar-refractivity contribution in [1.29, 1.82) is 0 Å². The number of carbonyl (C=O) groups is 3. The van der Waals surface area contributed by atoms with Crippen LogP contribution in [0.15, 0.2) is 72.6 Å². The largest absolute Gasteiger partial charge is 0.507 e. The Morgan fingerprint density at radius 2 is 1.89 bits per heavy atom. The minimum absolute atomic E-state index is 0.0474. The molecule has 1 unspecified atom stereocenters. The fourth-order valence-corrected chi connectivity index (χ4v) is 4.64. The van der Waals surface area contributed by atoms with E-state index in [4.69, 9.17) is 9.47 Å². The Labute approximate surface area is 219 Å². The number of hydrogen-bond acceptors (Lipinski definition) is 8. The zero-order chi connectivity index (χ0) is 26.8. The van der Waals surface area contributed by atoms with Crippen LogP contribution >= 0.6 is 0 Å². The quantitative estimate of drug-likeness (QED) is 0.227. The molecule has 5 rings (SSSR count). The molecular weight excluding hydrogens is 486 g/mol. The molecule has 9 heteroatoms. The number of esters is 1. The van der Waals surface area contributed by atoms with Crippen molar-refractivity contribution in [2.24, 2.45) is 0 Å². The van der Waals surface area contributed by atoms with Gasteiger partial charge in [-0.15, -0.1) is 0 Å². The van der Waals surface area contributed by atoms with Crippen LogP contribution in [0.5, 0.6) is 5.75 Å². The topological polar surface area (TPSA) is 109 Å². The molecule has 0 saturated carbocycles. The summed E-state index contributed by atoms with van der Waals surface area (Å²) in [5.41, 5.74) is 2.40. The second-order valence-electron chi connectivity index (χ2n) is 9.09. The van der Waals surface area contributed by atoms with Crippen LogP contribution in [0.25, 0.3) is 5.76 Å². The average molecular weight is 514 g/mol. The van der Waals surface area contributed by atoms with E-state index in [2.05, 4.69) is 4.98 Å². The predicted octanol–water partition coefficient (Wildman–Crippen LogP) is 4.10. The Hall–Kier alpha value is -4.66. The van der Waals surface area contributed by atoms with E-state index in [0.717, 1.165) is 5.69 Å². The van der Waals surface area contributed by atoms with Crippen molar-refractivity contribution in [3.05, 3.63) is 89.3 Å². The number of ketones is 1. The van der Waals surface area contributed by atoms with Gasteiger partial charge in [-0.1, -0.05) is 13.0 Å². The van der Waals surface area contributed by atoms with Gasteiger partial charge in [-0.25, -0.2) is 4.79 Å². The van der Waals surface area contributed by atoms with E-state index in [9.17, 15) is 19.5 Å². The first kappa shape index (κ1) is 25.0. The zero-order valence-corrected chi connectivity index (χ0v) is 21.1. The molecule has 1 aromatic heterocycles. The molecule has 9 nitrogen and oxygen atoms in total. The van der Waals surface area contributed by atoms with Crippen molar-refractivity contribution in [1.82, 2.24) is 4.98 Å². The monoisotopic (exact) mass is 513 g/mol. The number of carbonyl (C=O) groups excluding carboxylic acids is 3. The maximum atomic E-state index is 13.4. The SMILES string of the molecule is CCCOC(=O)c1ccc(N2C(=O)C(=O)/C(=C(\O)c3ccc4c(c3)N(C)CCO4)C2c2cccnc2)cc1. The van der Waals surface area contributed by atoms with E-state index < -0.39 is 23.7 Å². The number of nitrogens with zero attached hydrogens (tertiary/aromatic N) is 3. The van der Waals surface area contributed by atoms with Gasteiger partial charge in [0.05, 0.1) is 36.0 Å². The Morgan fingerprint density at radius 1 is 1.13 bits per heavy atom. The van der Waals surface area contributed by atoms with Crippen molar-refractivity contribution >= 4 is 34.8 Å². The standard InChI is InChI=1S/C29H27N3O6/c1-3-14-38-29(36)18-6-9-21(10-7-18)32-25(20-5-4-12-30-17-20)24(27(34)28(32)35)26(33)19-8-11-23-22(16-19)31(2)13-15-37-23/h4-12,16-17,25,33H,3,13-15H2,1-2H3/b26-24-. The van der Waals surface area contributed by atoms with Crippen molar-refractivity contribution in [3.8, 4) is 5.75 Å². The van der Waals surface area contributed by atoms with Gasteiger partial charge in [0.15, 0.2) is 0 Å². The molecule has 1 fully saturated rings. The lowest BCUT2D eigenvalue weighted by atomic mass is 9.95. The molecule has 3 aromatic rings. The molecule has 0 aliphatic carbocycles. The van der Waals surface area contributed by atoms with Crippen LogP contribution in [0.4, 0.5) is 11.4 Å². The summed E-state index contributed by atoms with van der Waals surface area (Å²) in [6.07, 6.45) is 3.85. The van der Waals surface area contributed by atoms with E-state index in [1.54, 1.807) is 67.0 Å². The van der Waals surface area contributed by atoms with Gasteiger partial charge in [-0.05, 0) is 60.5 Å². The van der Waals surface area contributed by atoms with Gasteiger partial charge in [-0.2, -0.15) is 0 Å². The number of amides is 1. The highest BCUT2D eigenvalue weighted by Gasteiger charge is 2.47. The van der Waals surface area contributed by atoms with Gasteiger partial charge in [0, 0.05) is 30.7 Å². The van der Waals surface area contributed by atoms with E-state index in [1.807, 2.05) is 18.9 Å². The molecule has 3 heterocycles. The molecule has 1 saturated heterocycles. The number of likely N-dealkylation sites (N-methyl/N-ethyl adjacent to an activating group) is 1. The maximum absolute atomic E-state index is 13.4. The molecule has 1 atom stereocenters. The summed E-state index contributed by atoms with van der Waals surface area (Å²) in [6, 6.07) is 13.9. The summed E-state index contributed by atoms with van der Waals surface area (Å²) < 4.78 is 10.9. The summed E-state index contributed by atoms with van der Waals surface area (Å²) >= 11 is 0. The van der Waals surface area contributed by atoms with Gasteiger partial charge in [0.1, 0.15) is 18.1 Å². The number of aromatic nitrogens is 1. The average Bonchev–Trinajstić information content (AvgIpc) is 3.22. The molecule has 0 bridgehead atoms. The second-order valence-corrected chi connectivity index (χ2v) is 9.09. The second kappa shape index (κ2) is 10.4. The molecular formula is C29H27N3O6. The third kappa shape index (κ3) is 4.47. The lowest BCUT2D eigenvalue weighted by Gasteiger charge is -2.28. The highest BCUT2D eigenvalue weighted by molar-refractivity contribution is 6.51. The fraction of sp³-hybridized carbons (Fsp3) is 0.241. The van der Waals surface area contributed by atoms with Crippen LogP contribution in [-0.2, 0) is 14.3 Å². The lowest BCUT2D eigenvalue weighted by Crippen LogP contribution is -2.29. The van der Waals surface area contributed by atoms with Gasteiger partial charge < -0.3 is 19.5 Å². The van der Waals surface area contributed by atoms with Gasteiger partial charge in [-0.3, -0.25) is 19.5 Å². The molecule has 1 N–H and O–H groups in total. The van der Waals surface area contributed by atoms with E-state index in [0.29, 0.717) is 54.3 Å². The number of fused-ring (bicyclic) bond motifs is 1. The van der Waals surface area contributed by atoms with Crippen molar-refractivity contribution in [2.75, 3.05) is 36.6 Å². The van der Waals surface area contributed by atoms with Gasteiger partial charge >= 0.3 is 5.97 Å². The summed E-state index contributed by atoms with van der Waals surface area (Å²) in [6.45, 7) is 3.44. The number of aliphatic hydroxyl groups is 1. The summed E-state index contributed by atoms with van der Waals surface area (Å²) in [7, 11) is 1.92. The minimum atomic E-state index is -0.924. The van der Waals surface area contributed by atoms with Crippen molar-refractivity contribution in [3.63, 3.8) is 0 Å². The number of rotatable bonds is 6. The number of Topliss-reactive ketones (excluding diaryl/α,β-unsaturated/α-hetero) is 1. The van der Waals surface area contributed by atoms with Gasteiger partial charge in [0.2, 0.25) is 0 Å². The molecule has 194 valence electrons. The molecule has 0 spiro atoms. The van der Waals surface area contributed by atoms with E-state index in [1.165, 1.54) is 4.90 Å². The molecule has 0 radical (unpaired) electrons. The first-order valence-corrected chi connectivity index (χ1v) is 12.4. The lowest BCUT2D eigenvalue weighted by molar-refractivity contribution is -0.132. The number of benzene rings is 2. The normalized spacial score (nSPS) is 18.2. The predicted molar refractivity (Wildman–Crippen MR) is 141 cm³/mol. The highest BCUT2D eigenvalue weighted by Crippen LogP contribution is 2.43. The van der Waals surface area contributed by atoms with E-state index in [-0.39, 0.29) is 11.3 Å². The van der Waals surface area contributed by atoms with E-state index >= 15 is 0 Å². The first-order valence-electron chi connectivity index (χ1n) is 12.4. The number of aliphatic hydroxyl groups excluding tert-OH is 1. The Kier molecular flexibility index (Phi) is 6.83. The number of hydrogen-bond donors (Lipinski definition) is 1. The van der Waals surface area contributed by atoms with Crippen LogP contribution < -0.4 is 14.5 Å². The van der Waals surface area contributed by atoms with Crippen LogP contribution in [0.2, 0.25) is 0 Å². The van der Waals surface area contributed by atoms with Crippen LogP contribution in [0.1, 0.15) is 40.9 Å². The smallest absolute Gasteiger partial charge is 0.338 e. The number of ether oxygens (including phenoxy) is 2. The van der Waals surface area contributed by atoms with Crippen LogP contribution in [0.3, 0.4) is 0 Å². The van der Waals surface area contributed by atoms with Crippen molar-refractivity contribution in [2.45, 2.75) is 19.4 Å². The summed E-state index contributed by atoms with van der Waals surface area (Å²) in [5, 5.41) is 11.4. The molecule has 2 aliphatic heterocycles. The highest BCUT2D eigenvalue weighted by atomic mass is 16.5. The third-order valence-electron chi connectivity index (χ3n) is 6.59. The summed E-state index contributed by atoms with van der Waals surface area (Å²) in [5.74, 6) is -1.69. The van der Waals surface area contributed by atoms with Crippen LogP contribution in [-0.4, -0.2) is 54.6 Å². The number of pyridine rings is 1. The third-order valence-corrected chi connectivity index (χ3v) is 6.59. The molecule has 1 amide bonds. The minimum Gasteiger partial charge on any atom is -0.507 e. The molecule has 2 aliphatic rings.